The number of carboxylic acid groups (broad SMARTS) is 1. The smallest absolute Gasteiger partial charge is 0.417 e. The van der Waals surface area contributed by atoms with Crippen molar-refractivity contribution in [3.8, 4) is 34.0 Å². The Hall–Kier alpha value is -3.98. The van der Waals surface area contributed by atoms with Crippen LogP contribution in [0.3, 0.4) is 0 Å². The van der Waals surface area contributed by atoms with E-state index in [1.165, 1.54) is 12.1 Å². The first-order valence-electron chi connectivity index (χ1n) is 11.7. The lowest BCUT2D eigenvalue weighted by Gasteiger charge is -2.18. The fraction of sp³-hybridized carbons (Fsp3) is 0.250. The number of rotatable bonds is 8. The third kappa shape index (κ3) is 5.89. The van der Waals surface area contributed by atoms with E-state index in [-0.39, 0.29) is 28.8 Å². The summed E-state index contributed by atoms with van der Waals surface area (Å²) in [5.41, 5.74) is 2.08. The molecule has 0 aliphatic heterocycles. The molecule has 1 aromatic heterocycles. The molecule has 1 unspecified atom stereocenters. The second kappa shape index (κ2) is 10.6. The maximum Gasteiger partial charge on any atom is 0.417 e. The number of alkyl halides is 3. The fourth-order valence-electron chi connectivity index (χ4n) is 4.14. The Balaban J connectivity index is 1.62. The van der Waals surface area contributed by atoms with Gasteiger partial charge in [0.1, 0.15) is 6.04 Å². The van der Waals surface area contributed by atoms with E-state index < -0.39 is 23.8 Å². The van der Waals surface area contributed by atoms with Crippen molar-refractivity contribution >= 4 is 5.97 Å². The van der Waals surface area contributed by atoms with Crippen LogP contribution in [0.4, 0.5) is 13.2 Å². The molecule has 1 heterocycles. The monoisotopic (exact) mass is 509 g/mol. The van der Waals surface area contributed by atoms with Crippen LogP contribution in [-0.4, -0.2) is 27.3 Å². The zero-order valence-electron chi connectivity index (χ0n) is 20.5. The van der Waals surface area contributed by atoms with Crippen molar-refractivity contribution in [3.05, 3.63) is 83.4 Å². The summed E-state index contributed by atoms with van der Waals surface area (Å²) in [4.78, 5) is 15.8. The highest BCUT2D eigenvalue weighted by Crippen LogP contribution is 2.40. The molecule has 6 nitrogen and oxygen atoms in total. The summed E-state index contributed by atoms with van der Waals surface area (Å²) in [6.45, 7) is 5.71. The van der Waals surface area contributed by atoms with Gasteiger partial charge in [0.2, 0.25) is 5.82 Å². The zero-order chi connectivity index (χ0) is 26.7. The summed E-state index contributed by atoms with van der Waals surface area (Å²) in [6, 6.07) is 17.3. The molecule has 2 N–H and O–H groups in total. The van der Waals surface area contributed by atoms with Gasteiger partial charge in [-0.3, -0.25) is 4.79 Å². The normalized spacial score (nSPS) is 12.6. The molecule has 0 spiro atoms. The maximum absolute atomic E-state index is 14.0. The first-order valence-corrected chi connectivity index (χ1v) is 11.7. The highest BCUT2D eigenvalue weighted by molar-refractivity contribution is 5.75. The van der Waals surface area contributed by atoms with Gasteiger partial charge in [0.25, 0.3) is 5.89 Å². The SMILES string of the molecule is Cc1ccccc1-c1ccc(-c2nc(-c3cccc(CNC(C(=O)O)C(C)C)c3)no2)cc1C(F)(F)F. The first-order chi connectivity index (χ1) is 17.5. The summed E-state index contributed by atoms with van der Waals surface area (Å²) in [6.07, 6.45) is -4.58. The van der Waals surface area contributed by atoms with E-state index in [2.05, 4.69) is 15.5 Å². The number of hydrogen-bond donors (Lipinski definition) is 2. The minimum atomic E-state index is -4.58. The van der Waals surface area contributed by atoms with Crippen molar-refractivity contribution in [1.29, 1.82) is 0 Å². The standard InChI is InChI=1S/C28H26F3N3O3/c1-16(2)24(27(35)36)32-15-18-8-6-9-19(13-18)25-33-26(37-34-25)20-11-12-22(23(14-20)28(29,30)31)21-10-5-4-7-17(21)3/h4-14,16,24,32H,15H2,1-3H3,(H,35,36). The molecule has 0 aliphatic rings. The number of nitrogens with zero attached hydrogens (tertiary/aromatic N) is 2. The van der Waals surface area contributed by atoms with Gasteiger partial charge in [-0.15, -0.1) is 0 Å². The molecule has 37 heavy (non-hydrogen) atoms. The quantitative estimate of drug-likeness (QED) is 0.278. The highest BCUT2D eigenvalue weighted by Gasteiger charge is 2.34. The van der Waals surface area contributed by atoms with E-state index in [0.717, 1.165) is 17.2 Å². The predicted octanol–water partition coefficient (Wildman–Crippen LogP) is 6.60. The van der Waals surface area contributed by atoms with E-state index in [0.29, 0.717) is 17.7 Å². The van der Waals surface area contributed by atoms with Crippen molar-refractivity contribution in [2.24, 2.45) is 5.92 Å². The molecule has 192 valence electrons. The summed E-state index contributed by atoms with van der Waals surface area (Å²) < 4.78 is 47.3. The zero-order valence-corrected chi connectivity index (χ0v) is 20.5. The summed E-state index contributed by atoms with van der Waals surface area (Å²) in [5, 5.41) is 16.3. The molecule has 0 saturated heterocycles. The Bertz CT molecular complexity index is 1410. The average Bonchev–Trinajstić information content (AvgIpc) is 3.34. The van der Waals surface area contributed by atoms with Crippen LogP contribution < -0.4 is 5.32 Å². The van der Waals surface area contributed by atoms with Gasteiger partial charge in [0.15, 0.2) is 0 Å². The number of benzene rings is 3. The van der Waals surface area contributed by atoms with Gasteiger partial charge in [-0.1, -0.05) is 67.5 Å². The van der Waals surface area contributed by atoms with Gasteiger partial charge in [-0.25, -0.2) is 0 Å². The molecular weight excluding hydrogens is 483 g/mol. The number of aliphatic carboxylic acids is 1. The first kappa shape index (κ1) is 26.1. The lowest BCUT2D eigenvalue weighted by molar-refractivity contribution is -0.140. The van der Waals surface area contributed by atoms with Crippen LogP contribution in [0.1, 0.15) is 30.5 Å². The molecule has 3 aromatic carbocycles. The molecule has 1 atom stereocenters. The fourth-order valence-corrected chi connectivity index (χ4v) is 4.14. The van der Waals surface area contributed by atoms with Crippen LogP contribution in [0.2, 0.25) is 0 Å². The molecule has 0 amide bonds. The van der Waals surface area contributed by atoms with Crippen molar-refractivity contribution in [2.75, 3.05) is 0 Å². The number of hydrogen-bond acceptors (Lipinski definition) is 5. The summed E-state index contributed by atoms with van der Waals surface area (Å²) in [7, 11) is 0. The summed E-state index contributed by atoms with van der Waals surface area (Å²) >= 11 is 0. The van der Waals surface area contributed by atoms with Gasteiger partial charge in [0, 0.05) is 17.7 Å². The van der Waals surface area contributed by atoms with Crippen LogP contribution in [0.5, 0.6) is 0 Å². The van der Waals surface area contributed by atoms with Crippen LogP contribution in [-0.2, 0) is 17.5 Å². The Morgan fingerprint density at radius 1 is 1.00 bits per heavy atom. The second-order valence-electron chi connectivity index (χ2n) is 9.14. The van der Waals surface area contributed by atoms with Gasteiger partial charge in [0.05, 0.1) is 5.56 Å². The lowest BCUT2D eigenvalue weighted by atomic mass is 9.94. The molecular formula is C28H26F3N3O3. The van der Waals surface area contributed by atoms with Crippen LogP contribution in [0.15, 0.2) is 71.3 Å². The Morgan fingerprint density at radius 2 is 1.76 bits per heavy atom. The number of aryl methyl sites for hydroxylation is 1. The second-order valence-corrected chi connectivity index (χ2v) is 9.14. The van der Waals surface area contributed by atoms with E-state index in [4.69, 9.17) is 4.52 Å². The number of carbonyl (C=O) groups is 1. The molecule has 0 fully saturated rings. The van der Waals surface area contributed by atoms with E-state index in [1.807, 2.05) is 19.9 Å². The Morgan fingerprint density at radius 3 is 2.43 bits per heavy atom. The number of carboxylic acids is 1. The lowest BCUT2D eigenvalue weighted by Crippen LogP contribution is -2.40. The maximum atomic E-state index is 14.0. The van der Waals surface area contributed by atoms with Gasteiger partial charge >= 0.3 is 12.1 Å². The summed E-state index contributed by atoms with van der Waals surface area (Å²) in [5.74, 6) is -0.849. The number of nitrogens with one attached hydrogen (secondary N) is 1. The topological polar surface area (TPSA) is 88.2 Å². The van der Waals surface area contributed by atoms with Crippen LogP contribution in [0.25, 0.3) is 34.0 Å². The molecule has 0 aliphatic carbocycles. The molecule has 0 radical (unpaired) electrons. The third-order valence-electron chi connectivity index (χ3n) is 6.08. The van der Waals surface area contributed by atoms with Crippen molar-refractivity contribution in [3.63, 3.8) is 0 Å². The molecule has 0 saturated carbocycles. The molecule has 0 bridgehead atoms. The largest absolute Gasteiger partial charge is 0.480 e. The predicted molar refractivity (Wildman–Crippen MR) is 133 cm³/mol. The Kier molecular flexibility index (Phi) is 7.45. The minimum Gasteiger partial charge on any atom is -0.480 e. The molecule has 4 aromatic rings. The van der Waals surface area contributed by atoms with Gasteiger partial charge in [-0.2, -0.15) is 18.2 Å². The average molecular weight is 510 g/mol. The number of aromatic nitrogens is 2. The Labute approximate surface area is 212 Å². The molecule has 4 rings (SSSR count). The highest BCUT2D eigenvalue weighted by atomic mass is 19.4. The van der Waals surface area contributed by atoms with Gasteiger partial charge in [-0.05, 0) is 53.3 Å². The van der Waals surface area contributed by atoms with E-state index in [1.54, 1.807) is 49.4 Å². The van der Waals surface area contributed by atoms with Crippen molar-refractivity contribution < 1.29 is 27.6 Å². The van der Waals surface area contributed by atoms with Gasteiger partial charge < -0.3 is 14.9 Å². The van der Waals surface area contributed by atoms with Crippen molar-refractivity contribution in [2.45, 2.75) is 39.5 Å². The third-order valence-corrected chi connectivity index (χ3v) is 6.08. The molecule has 9 heteroatoms. The van der Waals surface area contributed by atoms with E-state index >= 15 is 0 Å². The minimum absolute atomic E-state index is 0.0360. The van der Waals surface area contributed by atoms with Crippen molar-refractivity contribution in [1.82, 2.24) is 15.5 Å². The van der Waals surface area contributed by atoms with Crippen LogP contribution in [0, 0.1) is 12.8 Å². The van der Waals surface area contributed by atoms with Crippen LogP contribution >= 0.6 is 0 Å². The van der Waals surface area contributed by atoms with E-state index in [9.17, 15) is 23.1 Å². The number of halogens is 3.